The van der Waals surface area contributed by atoms with E-state index in [0.717, 1.165) is 25.8 Å². The van der Waals surface area contributed by atoms with E-state index in [9.17, 15) is 9.90 Å². The normalized spacial score (nSPS) is 29.9. The van der Waals surface area contributed by atoms with Gasteiger partial charge in [0.05, 0.1) is 0 Å². The Kier molecular flexibility index (Phi) is 4.95. The van der Waals surface area contributed by atoms with Crippen LogP contribution in [0.1, 0.15) is 52.9 Å². The van der Waals surface area contributed by atoms with Gasteiger partial charge < -0.3 is 10.8 Å². The third-order valence-electron chi connectivity index (χ3n) is 3.80. The summed E-state index contributed by atoms with van der Waals surface area (Å²) < 4.78 is 0. The maximum atomic E-state index is 11.2. The first kappa shape index (κ1) is 14.5. The molecule has 0 aromatic heterocycles. The second-order valence-corrected chi connectivity index (χ2v) is 5.54. The predicted molar refractivity (Wildman–Crippen MR) is 68.9 cm³/mol. The van der Waals surface area contributed by atoms with E-state index in [1.165, 1.54) is 0 Å². The highest BCUT2D eigenvalue weighted by molar-refractivity contribution is 5.78. The van der Waals surface area contributed by atoms with Crippen LogP contribution in [0.4, 0.5) is 0 Å². The van der Waals surface area contributed by atoms with E-state index in [-0.39, 0.29) is 0 Å². The SMILES string of the molecule is CCCN(C(C)C)C1CCCC(N)(C(=O)O)C1. The first-order valence-corrected chi connectivity index (χ1v) is 6.68. The number of hydrogen-bond acceptors (Lipinski definition) is 3. The average molecular weight is 242 g/mol. The highest BCUT2D eigenvalue weighted by Crippen LogP contribution is 2.30. The van der Waals surface area contributed by atoms with Gasteiger partial charge >= 0.3 is 5.97 Å². The van der Waals surface area contributed by atoms with Crippen LogP contribution >= 0.6 is 0 Å². The molecule has 2 unspecified atom stereocenters. The zero-order valence-corrected chi connectivity index (χ0v) is 11.3. The lowest BCUT2D eigenvalue weighted by molar-refractivity contribution is -0.145. The minimum Gasteiger partial charge on any atom is -0.480 e. The molecule has 0 amide bonds. The molecule has 0 bridgehead atoms. The third kappa shape index (κ3) is 3.42. The van der Waals surface area contributed by atoms with Crippen LogP contribution in [0.15, 0.2) is 0 Å². The third-order valence-corrected chi connectivity index (χ3v) is 3.80. The van der Waals surface area contributed by atoms with Gasteiger partial charge in [-0.15, -0.1) is 0 Å². The summed E-state index contributed by atoms with van der Waals surface area (Å²) in [6.45, 7) is 7.52. The van der Waals surface area contributed by atoms with Gasteiger partial charge in [-0.2, -0.15) is 0 Å². The van der Waals surface area contributed by atoms with Crippen LogP contribution in [-0.4, -0.2) is 40.1 Å². The fourth-order valence-corrected chi connectivity index (χ4v) is 2.88. The molecule has 0 spiro atoms. The second-order valence-electron chi connectivity index (χ2n) is 5.54. The first-order valence-electron chi connectivity index (χ1n) is 6.68. The molecule has 0 aromatic carbocycles. The minimum atomic E-state index is -1.01. The highest BCUT2D eigenvalue weighted by Gasteiger charge is 2.41. The molecule has 1 saturated carbocycles. The zero-order valence-electron chi connectivity index (χ0n) is 11.3. The lowest BCUT2D eigenvalue weighted by Gasteiger charge is -2.42. The van der Waals surface area contributed by atoms with Gasteiger partial charge in [0.15, 0.2) is 0 Å². The van der Waals surface area contributed by atoms with Gasteiger partial charge in [-0.25, -0.2) is 0 Å². The van der Waals surface area contributed by atoms with Crippen molar-refractivity contribution in [2.45, 2.75) is 70.5 Å². The molecule has 100 valence electrons. The second kappa shape index (κ2) is 5.83. The van der Waals surface area contributed by atoms with E-state index in [4.69, 9.17) is 5.73 Å². The van der Waals surface area contributed by atoms with Crippen LogP contribution in [0.25, 0.3) is 0 Å². The topological polar surface area (TPSA) is 66.6 Å². The monoisotopic (exact) mass is 242 g/mol. The van der Waals surface area contributed by atoms with E-state index < -0.39 is 11.5 Å². The van der Waals surface area contributed by atoms with Crippen molar-refractivity contribution in [3.05, 3.63) is 0 Å². The summed E-state index contributed by atoms with van der Waals surface area (Å²) in [6, 6.07) is 0.779. The molecular formula is C13H26N2O2. The number of rotatable bonds is 5. The molecule has 0 aromatic rings. The molecule has 17 heavy (non-hydrogen) atoms. The van der Waals surface area contributed by atoms with Crippen LogP contribution in [0.2, 0.25) is 0 Å². The summed E-state index contributed by atoms with van der Waals surface area (Å²) in [7, 11) is 0. The Hall–Kier alpha value is -0.610. The molecular weight excluding hydrogens is 216 g/mol. The number of aliphatic carboxylic acids is 1. The Morgan fingerprint density at radius 2 is 2.24 bits per heavy atom. The van der Waals surface area contributed by atoms with Crippen molar-refractivity contribution in [2.75, 3.05) is 6.54 Å². The molecule has 4 nitrogen and oxygen atoms in total. The van der Waals surface area contributed by atoms with Crippen LogP contribution < -0.4 is 5.73 Å². The summed E-state index contributed by atoms with van der Waals surface area (Å²) in [5.74, 6) is -0.845. The smallest absolute Gasteiger partial charge is 0.323 e. The fourth-order valence-electron chi connectivity index (χ4n) is 2.88. The number of nitrogens with two attached hydrogens (primary N) is 1. The highest BCUT2D eigenvalue weighted by atomic mass is 16.4. The quantitative estimate of drug-likeness (QED) is 0.772. The zero-order chi connectivity index (χ0) is 13.1. The van der Waals surface area contributed by atoms with Crippen molar-refractivity contribution in [1.82, 2.24) is 4.90 Å². The lowest BCUT2D eigenvalue weighted by atomic mass is 9.79. The minimum absolute atomic E-state index is 0.324. The van der Waals surface area contributed by atoms with Gasteiger partial charge in [-0.3, -0.25) is 9.69 Å². The van der Waals surface area contributed by atoms with Crippen LogP contribution in [0.3, 0.4) is 0 Å². The van der Waals surface area contributed by atoms with Crippen molar-refractivity contribution < 1.29 is 9.90 Å². The van der Waals surface area contributed by atoms with E-state index >= 15 is 0 Å². The maximum Gasteiger partial charge on any atom is 0.323 e. The van der Waals surface area contributed by atoms with Crippen molar-refractivity contribution in [3.63, 3.8) is 0 Å². The van der Waals surface area contributed by atoms with Crippen molar-refractivity contribution >= 4 is 5.97 Å². The lowest BCUT2D eigenvalue weighted by Crippen LogP contribution is -2.56. The molecule has 0 radical (unpaired) electrons. The number of carboxylic acid groups (broad SMARTS) is 1. The van der Waals surface area contributed by atoms with E-state index in [0.29, 0.717) is 24.9 Å². The fraction of sp³-hybridized carbons (Fsp3) is 0.923. The molecule has 1 rings (SSSR count). The summed E-state index contributed by atoms with van der Waals surface area (Å²) in [5, 5.41) is 9.22. The van der Waals surface area contributed by atoms with Crippen molar-refractivity contribution in [3.8, 4) is 0 Å². The number of nitrogens with zero attached hydrogens (tertiary/aromatic N) is 1. The first-order chi connectivity index (χ1) is 7.90. The summed E-state index contributed by atoms with van der Waals surface area (Å²) in [4.78, 5) is 13.6. The molecule has 0 saturated heterocycles. The standard InChI is InChI=1S/C13H26N2O2/c1-4-8-15(10(2)3)11-6-5-7-13(14,9-11)12(16)17/h10-11H,4-9,14H2,1-3H3,(H,16,17). The Morgan fingerprint density at radius 3 is 2.71 bits per heavy atom. The van der Waals surface area contributed by atoms with Crippen molar-refractivity contribution in [2.24, 2.45) is 5.73 Å². The van der Waals surface area contributed by atoms with Gasteiger partial charge in [-0.05, 0) is 52.5 Å². The number of carboxylic acids is 1. The van der Waals surface area contributed by atoms with E-state index in [2.05, 4.69) is 25.7 Å². The molecule has 0 aliphatic heterocycles. The van der Waals surface area contributed by atoms with Gasteiger partial charge in [0.2, 0.25) is 0 Å². The van der Waals surface area contributed by atoms with Crippen LogP contribution in [0, 0.1) is 0 Å². The number of hydrogen-bond donors (Lipinski definition) is 2. The van der Waals surface area contributed by atoms with Gasteiger partial charge in [0.1, 0.15) is 5.54 Å². The molecule has 1 aliphatic carbocycles. The van der Waals surface area contributed by atoms with Gasteiger partial charge in [0.25, 0.3) is 0 Å². The molecule has 1 fully saturated rings. The van der Waals surface area contributed by atoms with Crippen LogP contribution in [0.5, 0.6) is 0 Å². The van der Waals surface area contributed by atoms with E-state index in [1.807, 2.05) is 0 Å². The van der Waals surface area contributed by atoms with Gasteiger partial charge in [0, 0.05) is 12.1 Å². The Balaban J connectivity index is 2.73. The summed E-state index contributed by atoms with van der Waals surface area (Å²) >= 11 is 0. The summed E-state index contributed by atoms with van der Waals surface area (Å²) in [5.41, 5.74) is 4.99. The maximum absolute atomic E-state index is 11.2. The van der Waals surface area contributed by atoms with Gasteiger partial charge in [-0.1, -0.05) is 6.92 Å². The number of carbonyl (C=O) groups is 1. The Labute approximate surface area is 104 Å². The van der Waals surface area contributed by atoms with Crippen LogP contribution in [-0.2, 0) is 4.79 Å². The Bertz CT molecular complexity index is 268. The Morgan fingerprint density at radius 1 is 1.59 bits per heavy atom. The molecule has 3 N–H and O–H groups in total. The molecule has 1 aliphatic rings. The largest absolute Gasteiger partial charge is 0.480 e. The molecule has 2 atom stereocenters. The van der Waals surface area contributed by atoms with E-state index in [1.54, 1.807) is 0 Å². The molecule has 4 heteroatoms. The predicted octanol–water partition coefficient (Wildman–Crippen LogP) is 1.83. The molecule has 0 heterocycles. The summed E-state index contributed by atoms with van der Waals surface area (Å²) in [6.07, 6.45) is 4.28. The van der Waals surface area contributed by atoms with Crippen molar-refractivity contribution in [1.29, 1.82) is 0 Å². The average Bonchev–Trinajstić information content (AvgIpc) is 2.25.